The average Bonchev–Trinajstić information content (AvgIpc) is 2.66. The Labute approximate surface area is 98.6 Å². The zero-order chi connectivity index (χ0) is 9.54. The maximum atomic E-state index is 9.87. The molecule has 0 fully saturated rings. The monoisotopic (exact) mass is 244 g/mol. The number of fused-ring (bicyclic) bond motifs is 2. The van der Waals surface area contributed by atoms with Crippen LogP contribution in [0, 0.1) is 0 Å². The van der Waals surface area contributed by atoms with Gasteiger partial charge in [-0.05, 0) is 35.6 Å². The first-order chi connectivity index (χ1) is 6.86. The molecular formula is C10H13ClN2OS. The largest absolute Gasteiger partial charge is 0.370 e. The van der Waals surface area contributed by atoms with Gasteiger partial charge in [0.25, 0.3) is 0 Å². The van der Waals surface area contributed by atoms with Crippen molar-refractivity contribution >= 4 is 35.0 Å². The predicted molar refractivity (Wildman–Crippen MR) is 65.6 cm³/mol. The summed E-state index contributed by atoms with van der Waals surface area (Å²) in [5.74, 6) is 0. The zero-order valence-corrected chi connectivity index (χ0v) is 9.75. The summed E-state index contributed by atoms with van der Waals surface area (Å²) < 4.78 is 0. The van der Waals surface area contributed by atoms with Crippen LogP contribution in [0.5, 0.6) is 0 Å². The lowest BCUT2D eigenvalue weighted by Crippen LogP contribution is -2.36. The van der Waals surface area contributed by atoms with E-state index in [1.807, 2.05) is 6.07 Å². The van der Waals surface area contributed by atoms with E-state index in [0.717, 1.165) is 30.8 Å². The van der Waals surface area contributed by atoms with E-state index in [1.54, 1.807) is 11.3 Å². The fourth-order valence-corrected chi connectivity index (χ4v) is 3.09. The second-order valence-corrected chi connectivity index (χ2v) is 4.56. The number of rotatable bonds is 0. The first kappa shape index (κ1) is 11.0. The third-order valence-corrected chi connectivity index (χ3v) is 3.79. The lowest BCUT2D eigenvalue weighted by atomic mass is 9.95. The van der Waals surface area contributed by atoms with Gasteiger partial charge in [0.1, 0.15) is 6.23 Å². The van der Waals surface area contributed by atoms with Gasteiger partial charge in [0.2, 0.25) is 0 Å². The molecule has 1 atom stereocenters. The van der Waals surface area contributed by atoms with Gasteiger partial charge >= 0.3 is 0 Å². The maximum Gasteiger partial charge on any atom is 0.148 e. The Morgan fingerprint density at radius 2 is 2.33 bits per heavy atom. The quantitative estimate of drug-likeness (QED) is 0.651. The van der Waals surface area contributed by atoms with E-state index in [9.17, 15) is 5.11 Å². The Kier molecular flexibility index (Phi) is 3.02. The Bertz CT molecular complexity index is 402. The number of halogens is 1. The van der Waals surface area contributed by atoms with E-state index in [0.29, 0.717) is 0 Å². The molecule has 2 aliphatic rings. The molecular weight excluding hydrogens is 232 g/mol. The van der Waals surface area contributed by atoms with Crippen LogP contribution in [-0.4, -0.2) is 24.4 Å². The molecule has 0 amide bonds. The van der Waals surface area contributed by atoms with Crippen molar-refractivity contribution in [3.05, 3.63) is 21.9 Å². The van der Waals surface area contributed by atoms with Crippen LogP contribution in [0.25, 0.3) is 5.57 Å². The smallest absolute Gasteiger partial charge is 0.148 e. The van der Waals surface area contributed by atoms with E-state index in [2.05, 4.69) is 16.0 Å². The molecule has 0 bridgehead atoms. The molecule has 15 heavy (non-hydrogen) atoms. The van der Waals surface area contributed by atoms with Crippen LogP contribution >= 0.6 is 23.7 Å². The fraction of sp³-hybridized carbons (Fsp3) is 0.400. The first-order valence-corrected chi connectivity index (χ1v) is 5.69. The molecule has 5 heteroatoms. The molecule has 0 spiro atoms. The highest BCUT2D eigenvalue weighted by atomic mass is 35.5. The molecule has 0 saturated heterocycles. The Morgan fingerprint density at radius 3 is 3.20 bits per heavy atom. The van der Waals surface area contributed by atoms with Crippen LogP contribution in [-0.2, 0) is 0 Å². The van der Waals surface area contributed by atoms with Gasteiger partial charge in [-0.2, -0.15) is 0 Å². The summed E-state index contributed by atoms with van der Waals surface area (Å²) >= 11 is 1.75. The van der Waals surface area contributed by atoms with Gasteiger partial charge < -0.3 is 15.7 Å². The topological polar surface area (TPSA) is 44.3 Å². The number of aliphatic hydroxyl groups is 1. The Morgan fingerprint density at radius 1 is 1.47 bits per heavy atom. The standard InChI is InChI=1S/C10H12N2OS.ClH/c13-10-7-5-11-3-1-6(7)9-8(12-10)2-4-14-9;/h2,4,10-13H,1,3,5H2;1H. The van der Waals surface area contributed by atoms with Crippen molar-refractivity contribution in [3.63, 3.8) is 0 Å². The van der Waals surface area contributed by atoms with E-state index in [4.69, 9.17) is 0 Å². The second kappa shape index (κ2) is 4.14. The minimum absolute atomic E-state index is 0. The number of anilines is 1. The zero-order valence-electron chi connectivity index (χ0n) is 8.12. The summed E-state index contributed by atoms with van der Waals surface area (Å²) in [6.07, 6.45) is 0.529. The molecule has 1 aromatic rings. The summed E-state index contributed by atoms with van der Waals surface area (Å²) in [5, 5.41) is 18.3. The third kappa shape index (κ3) is 1.67. The van der Waals surface area contributed by atoms with E-state index >= 15 is 0 Å². The van der Waals surface area contributed by atoms with Crippen LogP contribution in [0.2, 0.25) is 0 Å². The number of hydrogen-bond acceptors (Lipinski definition) is 4. The molecule has 0 radical (unpaired) electrons. The number of hydrogen-bond donors (Lipinski definition) is 3. The molecule has 0 aliphatic carbocycles. The van der Waals surface area contributed by atoms with Crippen LogP contribution < -0.4 is 10.6 Å². The van der Waals surface area contributed by atoms with E-state index < -0.39 is 6.23 Å². The SMILES string of the molecule is Cl.OC1Nc2ccsc2C2=C1CNCC2. The number of nitrogens with one attached hydrogen (secondary N) is 2. The van der Waals surface area contributed by atoms with Crippen molar-refractivity contribution in [2.24, 2.45) is 0 Å². The summed E-state index contributed by atoms with van der Waals surface area (Å²) in [6.45, 7) is 1.82. The fourth-order valence-electron chi connectivity index (χ4n) is 2.12. The normalized spacial score (nSPS) is 23.7. The van der Waals surface area contributed by atoms with Gasteiger partial charge in [0.05, 0.1) is 10.6 Å². The van der Waals surface area contributed by atoms with Gasteiger partial charge in [0.15, 0.2) is 0 Å². The van der Waals surface area contributed by atoms with Gasteiger partial charge in [-0.25, -0.2) is 0 Å². The first-order valence-electron chi connectivity index (χ1n) is 4.81. The van der Waals surface area contributed by atoms with Crippen LogP contribution in [0.3, 0.4) is 0 Å². The van der Waals surface area contributed by atoms with E-state index in [1.165, 1.54) is 10.5 Å². The van der Waals surface area contributed by atoms with Gasteiger partial charge in [-0.3, -0.25) is 0 Å². The van der Waals surface area contributed by atoms with Crippen LogP contribution in [0.1, 0.15) is 11.3 Å². The lowest BCUT2D eigenvalue weighted by Gasteiger charge is -2.30. The predicted octanol–water partition coefficient (Wildman–Crippen LogP) is 1.66. The molecule has 0 saturated carbocycles. The minimum atomic E-state index is -0.500. The van der Waals surface area contributed by atoms with Crippen molar-refractivity contribution < 1.29 is 5.11 Å². The molecule has 3 heterocycles. The third-order valence-electron chi connectivity index (χ3n) is 2.82. The summed E-state index contributed by atoms with van der Waals surface area (Å²) in [4.78, 5) is 1.31. The van der Waals surface area contributed by atoms with Crippen molar-refractivity contribution in [2.45, 2.75) is 12.6 Å². The van der Waals surface area contributed by atoms with Crippen LogP contribution in [0.4, 0.5) is 5.69 Å². The van der Waals surface area contributed by atoms with Gasteiger partial charge in [-0.1, -0.05) is 0 Å². The second-order valence-electron chi connectivity index (χ2n) is 3.64. The molecule has 3 N–H and O–H groups in total. The highest BCUT2D eigenvalue weighted by Gasteiger charge is 2.27. The molecule has 1 aromatic heterocycles. The van der Waals surface area contributed by atoms with Crippen molar-refractivity contribution in [3.8, 4) is 0 Å². The maximum absolute atomic E-state index is 9.87. The van der Waals surface area contributed by atoms with Crippen molar-refractivity contribution in [1.82, 2.24) is 5.32 Å². The van der Waals surface area contributed by atoms with Crippen LogP contribution in [0.15, 0.2) is 17.0 Å². The molecule has 2 aliphatic heterocycles. The lowest BCUT2D eigenvalue weighted by molar-refractivity contribution is 0.234. The van der Waals surface area contributed by atoms with Gasteiger partial charge in [-0.15, -0.1) is 23.7 Å². The highest BCUT2D eigenvalue weighted by Crippen LogP contribution is 2.39. The minimum Gasteiger partial charge on any atom is -0.370 e. The van der Waals surface area contributed by atoms with Crippen molar-refractivity contribution in [2.75, 3.05) is 18.4 Å². The molecule has 3 nitrogen and oxygen atoms in total. The summed E-state index contributed by atoms with van der Waals surface area (Å²) in [7, 11) is 0. The molecule has 1 unspecified atom stereocenters. The van der Waals surface area contributed by atoms with Crippen molar-refractivity contribution in [1.29, 1.82) is 0 Å². The molecule has 3 rings (SSSR count). The molecule has 82 valence electrons. The summed E-state index contributed by atoms with van der Waals surface area (Å²) in [6, 6.07) is 2.04. The molecule has 0 aromatic carbocycles. The highest BCUT2D eigenvalue weighted by molar-refractivity contribution is 7.11. The average molecular weight is 245 g/mol. The van der Waals surface area contributed by atoms with Gasteiger partial charge in [0, 0.05) is 6.54 Å². The van der Waals surface area contributed by atoms with E-state index in [-0.39, 0.29) is 12.4 Å². The Hall–Kier alpha value is -0.550. The number of aliphatic hydroxyl groups excluding tert-OH is 1. The Balaban J connectivity index is 0.000000853. The number of thiophene rings is 1. The summed E-state index contributed by atoms with van der Waals surface area (Å²) in [5.41, 5.74) is 3.55.